The molecule has 0 radical (unpaired) electrons. The van der Waals surface area contributed by atoms with Crippen LogP contribution in [0.15, 0.2) is 273 Å². The molecule has 624 valence electrons. The van der Waals surface area contributed by atoms with E-state index in [1.54, 1.807) is 97.1 Å². The van der Waals surface area contributed by atoms with E-state index < -0.39 is 40.7 Å². The van der Waals surface area contributed by atoms with Crippen LogP contribution in [0.5, 0.6) is 0 Å². The lowest BCUT2D eigenvalue weighted by Crippen LogP contribution is -2.02. The van der Waals surface area contributed by atoms with Crippen molar-refractivity contribution in [3.63, 3.8) is 0 Å². The van der Waals surface area contributed by atoms with Crippen molar-refractivity contribution in [3.8, 4) is 137 Å². The van der Waals surface area contributed by atoms with Crippen LogP contribution in [-0.2, 0) is 0 Å². The molecular weight excluding hydrogens is 2230 g/mol. The molecule has 0 bridgehead atoms. The maximum absolute atomic E-state index is 13.9. The predicted octanol–water partition coefficient (Wildman–Crippen LogP) is 24.1. The molecule has 18 rings (SSSR count). The fourth-order valence-electron chi connectivity index (χ4n) is 10.7. The van der Waals surface area contributed by atoms with Gasteiger partial charge in [0.2, 0.25) is 69.9 Å². The van der Waals surface area contributed by atoms with Gasteiger partial charge in [-0.15, -0.1) is 122 Å². The second-order valence-electron chi connectivity index (χ2n) is 24.7. The molecule has 0 aliphatic carbocycles. The van der Waals surface area contributed by atoms with Gasteiger partial charge in [0.1, 0.15) is 40.7 Å². The standard InChI is InChI=1S/C14H7Br2FN4.C14H7BrCl2N4.C14H7BrF2N4.C14H7Cl2IN4.C14H7ClF2N4.C14H7F2IN4/c15-9-5-2-1-4-8(9)13-18-20-14(21-19-13)12-10(16)6-3-7-11(12)17;2*15-9-5-3-7-11(17)12(9)14-20-18-13(19-21-14)8-4-1-2-6-10(8)16;15-9-5-2-1-4-8(9)13-18-20-14(21-19-13)12-10(16)6-3-7-11(12)17;15-9-5-3-7-11(17)12(9)14-20-18-13(19-21-14)8-4-1-2-6-10(8)16;15-9-5-2-1-4-8(9)13-18-20-14(21-19-13)12-10(16)6-3-7-11(12)17/h6*1-7H. The second-order valence-corrected chi connectivity index (χ2v) is 32.5. The fourth-order valence-corrected chi connectivity index (χ4v) is 15.7. The molecule has 0 saturated carbocycles. The van der Waals surface area contributed by atoms with Crippen LogP contribution in [0.3, 0.4) is 0 Å². The molecule has 12 aromatic carbocycles. The Morgan fingerprint density at radius 2 is 0.365 bits per heavy atom. The molecule has 0 unspecified atom stereocenters. The summed E-state index contributed by atoms with van der Waals surface area (Å²) in [5, 5.41) is 96.9. The van der Waals surface area contributed by atoms with E-state index >= 15 is 0 Å². The van der Waals surface area contributed by atoms with Crippen LogP contribution in [0.25, 0.3) is 137 Å². The van der Waals surface area contributed by atoms with Crippen molar-refractivity contribution in [2.75, 3.05) is 0 Å². The summed E-state index contributed by atoms with van der Waals surface area (Å²) in [6.07, 6.45) is 0. The van der Waals surface area contributed by atoms with E-state index in [1.807, 2.05) is 108 Å². The van der Waals surface area contributed by atoms with Crippen LogP contribution in [0.4, 0.5) is 30.7 Å². The van der Waals surface area contributed by atoms with Crippen molar-refractivity contribution >= 4 is 167 Å². The lowest BCUT2D eigenvalue weighted by molar-refractivity contribution is 0.625. The zero-order valence-electron chi connectivity index (χ0n) is 62.8. The molecule has 0 N–H and O–H groups in total. The van der Waals surface area contributed by atoms with Crippen LogP contribution in [0, 0.1) is 47.9 Å². The molecule has 0 aliphatic rings. The molecule has 0 atom stereocenters. The number of halogens is 18. The first kappa shape index (κ1) is 92.3. The Labute approximate surface area is 794 Å². The maximum Gasteiger partial charge on any atom is 0.208 e. The molecule has 0 amide bonds. The Morgan fingerprint density at radius 3 is 0.698 bits per heavy atom. The summed E-state index contributed by atoms with van der Waals surface area (Å²) >= 11 is 48.0. The zero-order chi connectivity index (χ0) is 88.9. The minimum absolute atomic E-state index is 0.0132. The molecule has 0 saturated heterocycles. The number of hydrogen-bond acceptors (Lipinski definition) is 24. The highest BCUT2D eigenvalue weighted by molar-refractivity contribution is 14.1. The van der Waals surface area contributed by atoms with Crippen molar-refractivity contribution in [1.82, 2.24) is 122 Å². The SMILES string of the molecule is Clc1ccccc1-c1nnc(-c2c(Cl)cccc2Br)nn1.Clc1ccccc1-c1nnc(-c2c(Cl)cccc2I)nn1.Fc1cccc(Br)c1-c1nnc(-c2ccccc2Br)nn1.Fc1ccccc1-c1nnc(-c2c(F)cccc2Br)nn1.Fc1ccccc1-c1nnc(-c2c(F)cccc2Cl)nn1.Fc1ccccc1-c1nnc(-c2c(F)cccc2I)nn1. The first-order valence-corrected chi connectivity index (χ1v) is 42.8. The average Bonchev–Trinajstić information content (AvgIpc) is 0.829. The average molecular weight is 2270 g/mol. The largest absolute Gasteiger partial charge is 0.208 e. The Hall–Kier alpha value is -11.4. The summed E-state index contributed by atoms with van der Waals surface area (Å²) in [5.41, 5.74) is 4.76. The van der Waals surface area contributed by atoms with Gasteiger partial charge in [-0.05, 0) is 239 Å². The van der Waals surface area contributed by atoms with Crippen LogP contribution in [-0.4, -0.2) is 122 Å². The second kappa shape index (κ2) is 44.2. The normalized spacial score (nSPS) is 10.6. The van der Waals surface area contributed by atoms with Gasteiger partial charge in [-0.1, -0.05) is 183 Å². The molecule has 18 aromatic rings. The molecule has 126 heavy (non-hydrogen) atoms. The van der Waals surface area contributed by atoms with E-state index in [4.69, 9.17) is 58.0 Å². The molecule has 42 heteroatoms. The molecule has 0 fully saturated rings. The van der Waals surface area contributed by atoms with Gasteiger partial charge >= 0.3 is 0 Å². The Kier molecular flexibility index (Phi) is 32.4. The highest BCUT2D eigenvalue weighted by Crippen LogP contribution is 2.37. The molecule has 6 aromatic heterocycles. The lowest BCUT2D eigenvalue weighted by Gasteiger charge is -2.05. The van der Waals surface area contributed by atoms with E-state index in [0.717, 1.165) is 23.6 Å². The Morgan fingerprint density at radius 1 is 0.167 bits per heavy atom. The monoisotopic (exact) mass is 2260 g/mol. The number of hydrogen-bond donors (Lipinski definition) is 0. The van der Waals surface area contributed by atoms with Gasteiger partial charge in [-0.2, -0.15) is 0 Å². The van der Waals surface area contributed by atoms with Gasteiger partial charge in [-0.3, -0.25) is 0 Å². The number of benzene rings is 12. The third-order valence-corrected chi connectivity index (χ3v) is 22.8. The van der Waals surface area contributed by atoms with E-state index in [-0.39, 0.29) is 84.7 Å². The third-order valence-electron chi connectivity index (χ3n) is 16.7. The quantitative estimate of drug-likeness (QED) is 0.0810. The minimum atomic E-state index is -0.579. The fraction of sp³-hybridized carbons (Fsp3) is 0. The lowest BCUT2D eigenvalue weighted by atomic mass is 10.2. The number of aromatic nitrogens is 24. The zero-order valence-corrected chi connectivity index (χ0v) is 77.2. The molecule has 0 spiro atoms. The summed E-state index contributed by atoms with van der Waals surface area (Å²) in [6, 6.07) is 69.1. The smallest absolute Gasteiger partial charge is 0.206 e. The van der Waals surface area contributed by atoms with Crippen molar-refractivity contribution in [2.24, 2.45) is 0 Å². The third kappa shape index (κ3) is 23.1. The summed E-state index contributed by atoms with van der Waals surface area (Å²) < 4.78 is 100. The summed E-state index contributed by atoms with van der Waals surface area (Å²) in [6.45, 7) is 0. The van der Waals surface area contributed by atoms with Crippen molar-refractivity contribution < 1.29 is 30.7 Å². The van der Waals surface area contributed by atoms with Crippen LogP contribution >= 0.6 is 167 Å². The number of rotatable bonds is 12. The molecule has 6 heterocycles. The Bertz CT molecular complexity index is 5710. The number of nitrogens with zero attached hydrogens (tertiary/aromatic N) is 24. The first-order valence-electron chi connectivity index (χ1n) is 35.6. The van der Waals surface area contributed by atoms with Gasteiger partial charge in [0.05, 0.1) is 75.2 Å². The van der Waals surface area contributed by atoms with Gasteiger partial charge in [0.25, 0.3) is 0 Å². The summed E-state index contributed by atoms with van der Waals surface area (Å²) in [4.78, 5) is 0. The minimum Gasteiger partial charge on any atom is -0.206 e. The molecule has 0 aliphatic heterocycles. The van der Waals surface area contributed by atoms with E-state index in [9.17, 15) is 30.7 Å². The van der Waals surface area contributed by atoms with Gasteiger partial charge in [-0.25, -0.2) is 30.7 Å². The maximum atomic E-state index is 13.9. The van der Waals surface area contributed by atoms with Crippen LogP contribution in [0.1, 0.15) is 0 Å². The van der Waals surface area contributed by atoms with Crippen molar-refractivity contribution in [3.05, 3.63) is 346 Å². The highest BCUT2D eigenvalue weighted by atomic mass is 127. The molecular formula is C84H42Br4Cl5F7I2N24. The van der Waals surface area contributed by atoms with Gasteiger partial charge in [0, 0.05) is 41.7 Å². The van der Waals surface area contributed by atoms with Gasteiger partial charge < -0.3 is 0 Å². The van der Waals surface area contributed by atoms with E-state index in [2.05, 4.69) is 209 Å². The first-order chi connectivity index (χ1) is 61.0. The summed E-state index contributed by atoms with van der Waals surface area (Å²) in [7, 11) is 0. The Balaban J connectivity index is 0.000000130. The van der Waals surface area contributed by atoms with Crippen molar-refractivity contribution in [1.29, 1.82) is 0 Å². The van der Waals surface area contributed by atoms with Crippen LogP contribution in [0.2, 0.25) is 25.1 Å². The topological polar surface area (TPSA) is 309 Å². The predicted molar refractivity (Wildman–Crippen MR) is 492 cm³/mol. The summed E-state index contributed by atoms with van der Waals surface area (Å²) in [5.74, 6) is -1.22. The van der Waals surface area contributed by atoms with Crippen molar-refractivity contribution in [2.45, 2.75) is 0 Å². The van der Waals surface area contributed by atoms with E-state index in [1.165, 1.54) is 72.8 Å². The van der Waals surface area contributed by atoms with E-state index in [0.29, 0.717) is 78.4 Å². The van der Waals surface area contributed by atoms with Crippen LogP contribution < -0.4 is 0 Å². The highest BCUT2D eigenvalue weighted by Gasteiger charge is 2.23. The molecule has 24 nitrogen and oxygen atoms in total. The van der Waals surface area contributed by atoms with Gasteiger partial charge in [0.15, 0.2) is 0 Å².